The topological polar surface area (TPSA) is 73.5 Å². The summed E-state index contributed by atoms with van der Waals surface area (Å²) in [7, 11) is 0. The molecule has 0 unspecified atom stereocenters. The number of piperidine rings is 2. The number of aromatic nitrogens is 2. The van der Waals surface area contributed by atoms with Crippen molar-refractivity contribution in [2.75, 3.05) is 13.2 Å². The number of hydrogen-bond donors (Lipinski definition) is 0. The molecule has 2 radical (unpaired) electrons. The molecule has 0 aliphatic carbocycles. The van der Waals surface area contributed by atoms with Crippen molar-refractivity contribution in [1.29, 1.82) is 0 Å². The molecule has 0 atom stereocenters. The summed E-state index contributed by atoms with van der Waals surface area (Å²) >= 11 is 0. The van der Waals surface area contributed by atoms with Crippen molar-refractivity contribution >= 4 is 0 Å². The van der Waals surface area contributed by atoms with Crippen molar-refractivity contribution in [3.8, 4) is 0 Å². The highest BCUT2D eigenvalue weighted by Crippen LogP contribution is 2.39. The Hall–Kier alpha value is -1.03. The average molecular weight is 522 g/mol. The number of aryl methyl sites for hydroxylation is 2. The molecule has 0 spiro atoms. The number of rotatable bonds is 12. The minimum absolute atomic E-state index is 0.158. The second kappa shape index (κ2) is 12.0. The molecule has 2 aliphatic heterocycles. The number of nitrogens with zero attached hydrogens (tertiary/aromatic N) is 4. The van der Waals surface area contributed by atoms with Crippen LogP contribution in [0.2, 0.25) is 0 Å². The molecule has 37 heavy (non-hydrogen) atoms. The van der Waals surface area contributed by atoms with Crippen LogP contribution in [-0.2, 0) is 33.0 Å². The number of ether oxygens (including phenoxy) is 2. The number of hydrogen-bond acceptors (Lipinski definition) is 4. The first-order valence-electron chi connectivity index (χ1n) is 14.4. The van der Waals surface area contributed by atoms with Crippen molar-refractivity contribution in [2.24, 2.45) is 0 Å². The highest BCUT2D eigenvalue weighted by Gasteiger charge is 2.47. The van der Waals surface area contributed by atoms with Crippen LogP contribution in [-0.4, -0.2) is 62.3 Å². The van der Waals surface area contributed by atoms with Gasteiger partial charge >= 0.3 is 0 Å². The zero-order chi connectivity index (χ0) is 27.5. The summed E-state index contributed by atoms with van der Waals surface area (Å²) in [6, 6.07) is 0. The molecule has 0 aromatic carbocycles. The molecule has 212 valence electrons. The molecular formula is C29H53N4O4+. The molecule has 0 N–H and O–H groups in total. The Labute approximate surface area is 225 Å². The summed E-state index contributed by atoms with van der Waals surface area (Å²) in [5.41, 5.74) is -1.50. The molecule has 3 rings (SSSR count). The fraction of sp³-hybridized carbons (Fsp3) is 0.897. The maximum atomic E-state index is 12.5. The van der Waals surface area contributed by atoms with Crippen molar-refractivity contribution in [1.82, 2.24) is 14.7 Å². The first kappa shape index (κ1) is 30.5. The Balaban J connectivity index is 1.27. The lowest BCUT2D eigenvalue weighted by atomic mass is 9.80. The normalized spacial score (nSPS) is 24.5. The smallest absolute Gasteiger partial charge is 0.243 e. The highest BCUT2D eigenvalue weighted by molar-refractivity contribution is 4.97. The maximum Gasteiger partial charge on any atom is 0.243 e. The Morgan fingerprint density at radius 2 is 1.14 bits per heavy atom. The molecule has 0 amide bonds. The van der Waals surface area contributed by atoms with Gasteiger partial charge in [-0.15, -0.1) is 20.5 Å². The van der Waals surface area contributed by atoms with Crippen LogP contribution in [0, 0.1) is 0 Å². The Morgan fingerprint density at radius 1 is 0.703 bits per heavy atom. The van der Waals surface area contributed by atoms with Crippen LogP contribution in [0.3, 0.4) is 0 Å². The standard InChI is InChI=1S/C29H53N4O4/c1-26(2)19-24(20-27(3,4)32(26)34)36-17-11-9-13-30-15-16-31(23-30)14-10-12-18-37-25-21-28(5,6)33(35)29(7,8)22-25/h15-16,23-25H,9-14,17-22H2,1-8H3/q+1. The van der Waals surface area contributed by atoms with Crippen LogP contribution in [0.15, 0.2) is 18.7 Å². The lowest BCUT2D eigenvalue weighted by molar-refractivity contribution is -0.697. The van der Waals surface area contributed by atoms with Crippen LogP contribution < -0.4 is 4.57 Å². The monoisotopic (exact) mass is 521 g/mol. The summed E-state index contributed by atoms with van der Waals surface area (Å²) in [4.78, 5) is 0. The van der Waals surface area contributed by atoms with Gasteiger partial charge in [0.1, 0.15) is 12.4 Å². The minimum Gasteiger partial charge on any atom is -0.378 e. The van der Waals surface area contributed by atoms with E-state index in [1.807, 2.05) is 55.4 Å². The van der Waals surface area contributed by atoms with Gasteiger partial charge in [-0.25, -0.2) is 9.13 Å². The van der Waals surface area contributed by atoms with E-state index >= 15 is 0 Å². The molecule has 1 aromatic rings. The lowest BCUT2D eigenvalue weighted by Gasteiger charge is -2.49. The van der Waals surface area contributed by atoms with E-state index in [0.717, 1.165) is 77.7 Å². The second-order valence-corrected chi connectivity index (χ2v) is 13.9. The van der Waals surface area contributed by atoms with Crippen molar-refractivity contribution < 1.29 is 24.5 Å². The second-order valence-electron chi connectivity index (χ2n) is 13.9. The largest absolute Gasteiger partial charge is 0.378 e. The molecule has 1 aromatic heterocycles. The molecule has 2 saturated heterocycles. The zero-order valence-corrected chi connectivity index (χ0v) is 24.8. The molecule has 2 aliphatic rings. The van der Waals surface area contributed by atoms with Crippen molar-refractivity contribution in [2.45, 2.75) is 154 Å². The van der Waals surface area contributed by atoms with Crippen LogP contribution in [0.1, 0.15) is 107 Å². The van der Waals surface area contributed by atoms with Gasteiger partial charge in [-0.2, -0.15) is 0 Å². The molecular weight excluding hydrogens is 468 g/mol. The van der Waals surface area contributed by atoms with Crippen LogP contribution in [0.5, 0.6) is 0 Å². The molecule has 3 heterocycles. The predicted molar refractivity (Wildman–Crippen MR) is 142 cm³/mol. The fourth-order valence-corrected chi connectivity index (χ4v) is 6.58. The first-order valence-corrected chi connectivity index (χ1v) is 14.4. The Kier molecular flexibility index (Phi) is 9.90. The average Bonchev–Trinajstić information content (AvgIpc) is 3.22. The van der Waals surface area contributed by atoms with E-state index in [-0.39, 0.29) is 34.4 Å². The Morgan fingerprint density at radius 3 is 1.59 bits per heavy atom. The van der Waals surface area contributed by atoms with Crippen molar-refractivity contribution in [3.63, 3.8) is 0 Å². The number of imidazole rings is 1. The van der Waals surface area contributed by atoms with Gasteiger partial charge in [0.05, 0.1) is 25.3 Å². The van der Waals surface area contributed by atoms with Gasteiger partial charge in [0.25, 0.3) is 0 Å². The highest BCUT2D eigenvalue weighted by atomic mass is 16.5. The van der Waals surface area contributed by atoms with Crippen LogP contribution >= 0.6 is 0 Å². The summed E-state index contributed by atoms with van der Waals surface area (Å²) in [6.07, 6.45) is 14.1. The third kappa shape index (κ3) is 8.23. The Bertz CT molecular complexity index is 748. The van der Waals surface area contributed by atoms with Crippen LogP contribution in [0.4, 0.5) is 0 Å². The zero-order valence-electron chi connectivity index (χ0n) is 24.8. The maximum absolute atomic E-state index is 12.5. The summed E-state index contributed by atoms with van der Waals surface area (Å²) in [5.74, 6) is 0. The molecule has 0 bridgehead atoms. The molecule has 0 saturated carbocycles. The van der Waals surface area contributed by atoms with E-state index in [2.05, 4.69) is 27.9 Å². The van der Waals surface area contributed by atoms with Crippen molar-refractivity contribution in [3.05, 3.63) is 18.7 Å². The van der Waals surface area contributed by atoms with E-state index in [1.165, 1.54) is 10.1 Å². The quantitative estimate of drug-likeness (QED) is 0.283. The van der Waals surface area contributed by atoms with E-state index in [1.54, 1.807) is 0 Å². The van der Waals surface area contributed by atoms with Gasteiger partial charge in [0.15, 0.2) is 0 Å². The van der Waals surface area contributed by atoms with Gasteiger partial charge in [-0.1, -0.05) is 0 Å². The van der Waals surface area contributed by atoms with Gasteiger partial charge in [0.2, 0.25) is 6.33 Å². The number of unbranched alkanes of at least 4 members (excludes halogenated alkanes) is 2. The molecule has 8 heteroatoms. The predicted octanol–water partition coefficient (Wildman–Crippen LogP) is 5.10. The lowest BCUT2D eigenvalue weighted by Crippen LogP contribution is -2.59. The third-order valence-electron chi connectivity index (χ3n) is 8.18. The van der Waals surface area contributed by atoms with E-state index in [9.17, 15) is 10.4 Å². The minimum atomic E-state index is -0.374. The van der Waals surface area contributed by atoms with Gasteiger partial charge in [-0.05, 0) is 107 Å². The summed E-state index contributed by atoms with van der Waals surface area (Å²) in [5, 5.41) is 27.5. The third-order valence-corrected chi connectivity index (χ3v) is 8.18. The van der Waals surface area contributed by atoms with Crippen LogP contribution in [0.25, 0.3) is 0 Å². The first-order chi connectivity index (χ1) is 17.1. The molecule has 2 fully saturated rings. The summed E-state index contributed by atoms with van der Waals surface area (Å²) < 4.78 is 16.9. The van der Waals surface area contributed by atoms with E-state index in [0.29, 0.717) is 0 Å². The summed E-state index contributed by atoms with van der Waals surface area (Å²) in [6.45, 7) is 19.6. The van der Waals surface area contributed by atoms with Gasteiger partial charge < -0.3 is 9.47 Å². The SMILES string of the molecule is CC1(C)CC(OCCCCn2cc[n+](CCCCOC3CC(C)(C)N([O])C(C)(C)C3)c2)CC(C)(C)N1[O]. The van der Waals surface area contributed by atoms with Gasteiger partial charge in [0, 0.05) is 35.4 Å². The van der Waals surface area contributed by atoms with E-state index in [4.69, 9.17) is 9.47 Å². The van der Waals surface area contributed by atoms with E-state index < -0.39 is 0 Å². The fourth-order valence-electron chi connectivity index (χ4n) is 6.58. The van der Waals surface area contributed by atoms with Gasteiger partial charge in [-0.3, -0.25) is 0 Å². The number of hydroxylamine groups is 4. The molecule has 8 nitrogen and oxygen atoms in total.